The van der Waals surface area contributed by atoms with Gasteiger partial charge in [0, 0.05) is 10.8 Å². The van der Waals surface area contributed by atoms with Gasteiger partial charge >= 0.3 is 0 Å². The number of aryl methyl sites for hydroxylation is 1. The van der Waals surface area contributed by atoms with Crippen LogP contribution in [0.15, 0.2) is 33.0 Å². The van der Waals surface area contributed by atoms with E-state index in [-0.39, 0.29) is 15.8 Å². The minimum absolute atomic E-state index is 0.0959. The number of hydrogen-bond acceptors (Lipinski definition) is 6. The van der Waals surface area contributed by atoms with Crippen molar-refractivity contribution in [2.45, 2.75) is 11.8 Å². The van der Waals surface area contributed by atoms with E-state index in [0.717, 1.165) is 4.70 Å². The number of benzene rings is 1. The number of aromatic nitrogens is 1. The summed E-state index contributed by atoms with van der Waals surface area (Å²) in [6.07, 6.45) is 0. The highest BCUT2D eigenvalue weighted by Crippen LogP contribution is 2.37. The van der Waals surface area contributed by atoms with Crippen molar-refractivity contribution in [3.8, 4) is 5.75 Å². The first kappa shape index (κ1) is 15.1. The number of hydrogen-bond donors (Lipinski definition) is 1. The molecule has 0 saturated heterocycles. The van der Waals surface area contributed by atoms with E-state index in [9.17, 15) is 8.42 Å². The predicted molar refractivity (Wildman–Crippen MR) is 85.4 cm³/mol. The fraction of sp³-hybridized carbons (Fsp3) is 0.154. The second-order valence-electron chi connectivity index (χ2n) is 4.45. The van der Waals surface area contributed by atoms with Crippen LogP contribution in [0.2, 0.25) is 5.02 Å². The first-order chi connectivity index (χ1) is 10.4. The summed E-state index contributed by atoms with van der Waals surface area (Å²) in [4.78, 5) is 0.136. The van der Waals surface area contributed by atoms with Gasteiger partial charge in [-0.25, -0.2) is 13.1 Å². The molecule has 2 aromatic heterocycles. The van der Waals surface area contributed by atoms with Crippen molar-refractivity contribution in [3.63, 3.8) is 0 Å². The Kier molecular flexibility index (Phi) is 3.75. The number of nitrogens with one attached hydrogen (secondary N) is 1. The van der Waals surface area contributed by atoms with E-state index < -0.39 is 10.0 Å². The normalized spacial score (nSPS) is 11.8. The molecule has 9 heteroatoms. The quantitative estimate of drug-likeness (QED) is 0.769. The minimum atomic E-state index is -3.84. The Morgan fingerprint density at radius 3 is 2.82 bits per heavy atom. The second kappa shape index (κ2) is 5.45. The summed E-state index contributed by atoms with van der Waals surface area (Å²) >= 11 is 7.23. The van der Waals surface area contributed by atoms with Crippen LogP contribution in [0.25, 0.3) is 10.1 Å². The maximum Gasteiger partial charge on any atom is 0.265 e. The van der Waals surface area contributed by atoms with E-state index in [1.165, 1.54) is 18.4 Å². The van der Waals surface area contributed by atoms with E-state index in [1.54, 1.807) is 30.5 Å². The summed E-state index contributed by atoms with van der Waals surface area (Å²) in [5, 5.41) is 5.88. The second-order valence-corrected chi connectivity index (χ2v) is 7.36. The number of methoxy groups -OCH3 is 1. The standard InChI is InChI=1S/C13H11ClN2O4S2/c1-7-11(14)13(20-15-7)16-22(17,18)10-6-21-12-8(10)4-3-5-9(12)19-2/h3-6,16H,1-2H3. The molecule has 1 aromatic carbocycles. The predicted octanol–water partition coefficient (Wildman–Crippen LogP) is 3.66. The summed E-state index contributed by atoms with van der Waals surface area (Å²) in [6, 6.07) is 5.23. The lowest BCUT2D eigenvalue weighted by Gasteiger charge is -2.05. The van der Waals surface area contributed by atoms with Gasteiger partial charge in [-0.2, -0.15) is 0 Å². The van der Waals surface area contributed by atoms with Gasteiger partial charge in [-0.1, -0.05) is 28.9 Å². The van der Waals surface area contributed by atoms with Crippen LogP contribution in [0, 0.1) is 6.92 Å². The van der Waals surface area contributed by atoms with Gasteiger partial charge in [0.05, 0.1) is 11.8 Å². The lowest BCUT2D eigenvalue weighted by atomic mass is 10.2. The van der Waals surface area contributed by atoms with Crippen LogP contribution in [0.3, 0.4) is 0 Å². The zero-order valence-corrected chi connectivity index (χ0v) is 14.0. The molecule has 0 radical (unpaired) electrons. The Labute approximate surface area is 135 Å². The molecule has 0 atom stereocenters. The van der Waals surface area contributed by atoms with Crippen LogP contribution in [0.4, 0.5) is 5.88 Å². The van der Waals surface area contributed by atoms with Gasteiger partial charge in [-0.05, 0) is 13.0 Å². The average molecular weight is 359 g/mol. The number of nitrogens with zero attached hydrogens (tertiary/aromatic N) is 1. The molecule has 3 rings (SSSR count). The van der Waals surface area contributed by atoms with Gasteiger partial charge in [0.15, 0.2) is 0 Å². The van der Waals surface area contributed by atoms with Crippen LogP contribution in [-0.2, 0) is 10.0 Å². The van der Waals surface area contributed by atoms with Gasteiger partial charge in [-0.15, -0.1) is 11.3 Å². The van der Waals surface area contributed by atoms with Crippen LogP contribution in [-0.4, -0.2) is 20.7 Å². The summed E-state index contributed by atoms with van der Waals surface area (Å²) in [5.74, 6) is 0.527. The number of anilines is 1. The molecular weight excluding hydrogens is 348 g/mol. The minimum Gasteiger partial charge on any atom is -0.495 e. The maximum absolute atomic E-state index is 12.5. The van der Waals surface area contributed by atoms with E-state index in [4.69, 9.17) is 20.9 Å². The highest BCUT2D eigenvalue weighted by Gasteiger charge is 2.24. The molecule has 3 aromatic rings. The largest absolute Gasteiger partial charge is 0.495 e. The van der Waals surface area contributed by atoms with Gasteiger partial charge in [0.1, 0.15) is 21.4 Å². The molecule has 22 heavy (non-hydrogen) atoms. The molecule has 0 fully saturated rings. The lowest BCUT2D eigenvalue weighted by molar-refractivity contribution is 0.420. The maximum atomic E-state index is 12.5. The van der Waals surface area contributed by atoms with E-state index in [1.807, 2.05) is 0 Å². The van der Waals surface area contributed by atoms with E-state index in [0.29, 0.717) is 16.8 Å². The lowest BCUT2D eigenvalue weighted by Crippen LogP contribution is -2.12. The summed E-state index contributed by atoms with van der Waals surface area (Å²) in [7, 11) is -2.30. The van der Waals surface area contributed by atoms with Crippen molar-refractivity contribution < 1.29 is 17.7 Å². The van der Waals surface area contributed by atoms with Gasteiger partial charge in [-0.3, -0.25) is 0 Å². The summed E-state index contributed by atoms with van der Waals surface area (Å²) in [5.41, 5.74) is 0.413. The van der Waals surface area contributed by atoms with Crippen LogP contribution < -0.4 is 9.46 Å². The zero-order chi connectivity index (χ0) is 15.9. The highest BCUT2D eigenvalue weighted by atomic mass is 35.5. The molecule has 0 bridgehead atoms. The fourth-order valence-corrected chi connectivity index (χ4v) is 4.74. The summed E-state index contributed by atoms with van der Waals surface area (Å²) in [6.45, 7) is 1.62. The van der Waals surface area contributed by atoms with Crippen molar-refractivity contribution in [2.24, 2.45) is 0 Å². The molecule has 0 unspecified atom stereocenters. The van der Waals surface area contributed by atoms with Crippen molar-refractivity contribution in [1.29, 1.82) is 0 Å². The number of sulfonamides is 1. The third kappa shape index (κ3) is 2.43. The molecule has 116 valence electrons. The molecule has 0 aliphatic heterocycles. The summed E-state index contributed by atoms with van der Waals surface area (Å²) < 4.78 is 38.3. The Morgan fingerprint density at radius 2 is 2.18 bits per heavy atom. The van der Waals surface area contributed by atoms with Crippen LogP contribution in [0.1, 0.15) is 5.69 Å². The van der Waals surface area contributed by atoms with Gasteiger partial charge < -0.3 is 9.26 Å². The monoisotopic (exact) mass is 358 g/mol. The first-order valence-electron chi connectivity index (χ1n) is 6.13. The van der Waals surface area contributed by atoms with Crippen molar-refractivity contribution in [2.75, 3.05) is 11.8 Å². The van der Waals surface area contributed by atoms with Crippen molar-refractivity contribution >= 4 is 48.9 Å². The number of rotatable bonds is 4. The molecule has 0 aliphatic carbocycles. The number of fused-ring (bicyclic) bond motifs is 1. The van der Waals surface area contributed by atoms with Crippen LogP contribution >= 0.6 is 22.9 Å². The highest BCUT2D eigenvalue weighted by molar-refractivity contribution is 7.93. The third-order valence-electron chi connectivity index (χ3n) is 3.06. The molecule has 0 saturated carbocycles. The molecule has 1 N–H and O–H groups in total. The smallest absolute Gasteiger partial charge is 0.265 e. The van der Waals surface area contributed by atoms with Gasteiger partial charge in [0.2, 0.25) is 0 Å². The number of halogens is 1. The zero-order valence-electron chi connectivity index (χ0n) is 11.6. The molecule has 6 nitrogen and oxygen atoms in total. The van der Waals surface area contributed by atoms with Crippen LogP contribution in [0.5, 0.6) is 5.75 Å². The van der Waals surface area contributed by atoms with Crippen molar-refractivity contribution in [3.05, 3.63) is 34.3 Å². The Hall–Kier alpha value is -1.77. The molecule has 0 aliphatic rings. The molecule has 0 amide bonds. The average Bonchev–Trinajstić information content (AvgIpc) is 3.06. The van der Waals surface area contributed by atoms with Crippen molar-refractivity contribution in [1.82, 2.24) is 5.16 Å². The molecular formula is C13H11ClN2O4S2. The topological polar surface area (TPSA) is 81.4 Å². The molecule has 2 heterocycles. The van der Waals surface area contributed by atoms with Gasteiger partial charge in [0.25, 0.3) is 15.9 Å². The first-order valence-corrected chi connectivity index (χ1v) is 8.87. The van der Waals surface area contributed by atoms with E-state index >= 15 is 0 Å². The Morgan fingerprint density at radius 1 is 1.41 bits per heavy atom. The van der Waals surface area contributed by atoms with E-state index in [2.05, 4.69) is 9.88 Å². The Balaban J connectivity index is 2.08. The Bertz CT molecular complexity index is 946. The SMILES string of the molecule is COc1cccc2c(S(=O)(=O)Nc3onc(C)c3Cl)csc12. The fourth-order valence-electron chi connectivity index (χ4n) is 1.98. The number of thiophene rings is 1. The number of ether oxygens (including phenoxy) is 1. The molecule has 0 spiro atoms. The third-order valence-corrected chi connectivity index (χ3v) is 6.03.